The largest absolute Gasteiger partial charge is 0.381 e. The maximum atomic E-state index is 9.00. The van der Waals surface area contributed by atoms with E-state index < -0.39 is 0 Å². The molecule has 0 aromatic rings. The summed E-state index contributed by atoms with van der Waals surface area (Å²) in [6, 6.07) is 2.48. The molecular weight excluding hydrogens is 174 g/mol. The Hall–Kier alpha value is -0.550. The highest BCUT2D eigenvalue weighted by atomic mass is 16.5. The Morgan fingerprint density at radius 3 is 2.57 bits per heavy atom. The van der Waals surface area contributed by atoms with Crippen LogP contribution in [0.15, 0.2) is 0 Å². The van der Waals surface area contributed by atoms with Gasteiger partial charge in [0.1, 0.15) is 0 Å². The summed E-state index contributed by atoms with van der Waals surface area (Å²) in [5.74, 6) is 0. The number of unbranched alkanes of at least 4 members (excludes halogenated alkanes) is 1. The molecule has 1 aliphatic carbocycles. The van der Waals surface area contributed by atoms with Crippen LogP contribution in [-0.2, 0) is 4.74 Å². The van der Waals surface area contributed by atoms with E-state index in [0.29, 0.717) is 0 Å². The molecule has 1 saturated carbocycles. The van der Waals surface area contributed by atoms with Crippen LogP contribution in [0.25, 0.3) is 0 Å². The van der Waals surface area contributed by atoms with Crippen molar-refractivity contribution in [3.63, 3.8) is 0 Å². The minimum absolute atomic E-state index is 0.0603. The summed E-state index contributed by atoms with van der Waals surface area (Å²) in [4.78, 5) is 0. The maximum absolute atomic E-state index is 9.00. The molecule has 0 radical (unpaired) electrons. The Morgan fingerprint density at radius 1 is 1.29 bits per heavy atom. The standard InChI is InChI=1S/C12H21NO/c1-2-9-14-10-4-3-6-12(11-13)7-5-8-12/h2-10H2,1H3. The van der Waals surface area contributed by atoms with Gasteiger partial charge in [0, 0.05) is 13.2 Å². The van der Waals surface area contributed by atoms with E-state index >= 15 is 0 Å². The summed E-state index contributed by atoms with van der Waals surface area (Å²) in [7, 11) is 0. The third-order valence-electron chi connectivity index (χ3n) is 3.09. The summed E-state index contributed by atoms with van der Waals surface area (Å²) < 4.78 is 5.40. The smallest absolute Gasteiger partial charge is 0.0689 e. The van der Waals surface area contributed by atoms with Gasteiger partial charge in [0.25, 0.3) is 0 Å². The number of rotatable bonds is 7. The monoisotopic (exact) mass is 195 g/mol. The second-order valence-corrected chi connectivity index (χ2v) is 4.32. The van der Waals surface area contributed by atoms with Crippen molar-refractivity contribution < 1.29 is 4.74 Å². The van der Waals surface area contributed by atoms with Gasteiger partial charge in [-0.3, -0.25) is 0 Å². The summed E-state index contributed by atoms with van der Waals surface area (Å²) in [5.41, 5.74) is 0.0603. The molecule has 0 aliphatic heterocycles. The van der Waals surface area contributed by atoms with Crippen molar-refractivity contribution in [2.45, 2.75) is 51.9 Å². The fraction of sp³-hybridized carbons (Fsp3) is 0.917. The lowest BCUT2D eigenvalue weighted by atomic mass is 9.67. The van der Waals surface area contributed by atoms with E-state index in [1.807, 2.05) is 0 Å². The lowest BCUT2D eigenvalue weighted by Gasteiger charge is -2.35. The van der Waals surface area contributed by atoms with E-state index in [4.69, 9.17) is 10.00 Å². The average molecular weight is 195 g/mol. The van der Waals surface area contributed by atoms with E-state index in [1.165, 1.54) is 6.42 Å². The minimum atomic E-state index is 0.0603. The molecule has 1 rings (SSSR count). The molecule has 2 heteroatoms. The van der Waals surface area contributed by atoms with E-state index in [9.17, 15) is 0 Å². The van der Waals surface area contributed by atoms with Crippen molar-refractivity contribution in [3.8, 4) is 6.07 Å². The molecule has 1 aliphatic rings. The van der Waals surface area contributed by atoms with E-state index in [-0.39, 0.29) is 5.41 Å². The zero-order valence-corrected chi connectivity index (χ0v) is 9.22. The molecular formula is C12H21NO. The van der Waals surface area contributed by atoms with Crippen LogP contribution in [0.3, 0.4) is 0 Å². The van der Waals surface area contributed by atoms with E-state index in [2.05, 4.69) is 13.0 Å². The van der Waals surface area contributed by atoms with Crippen molar-refractivity contribution in [2.75, 3.05) is 13.2 Å². The number of nitriles is 1. The fourth-order valence-corrected chi connectivity index (χ4v) is 1.94. The molecule has 0 N–H and O–H groups in total. The Kier molecular flexibility index (Phi) is 4.97. The first-order valence-electron chi connectivity index (χ1n) is 5.82. The summed E-state index contributed by atoms with van der Waals surface area (Å²) in [6.07, 6.45) is 7.94. The molecule has 80 valence electrons. The van der Waals surface area contributed by atoms with Crippen LogP contribution >= 0.6 is 0 Å². The highest BCUT2D eigenvalue weighted by Crippen LogP contribution is 2.44. The molecule has 0 saturated heterocycles. The van der Waals surface area contributed by atoms with E-state index in [0.717, 1.165) is 51.7 Å². The third-order valence-corrected chi connectivity index (χ3v) is 3.09. The first kappa shape index (κ1) is 11.5. The van der Waals surface area contributed by atoms with Crippen molar-refractivity contribution >= 4 is 0 Å². The van der Waals surface area contributed by atoms with Gasteiger partial charge in [0.15, 0.2) is 0 Å². The van der Waals surface area contributed by atoms with Gasteiger partial charge in [-0.15, -0.1) is 0 Å². The Bertz CT molecular complexity index is 191. The normalized spacial score (nSPS) is 18.6. The molecule has 0 atom stereocenters. The first-order valence-corrected chi connectivity index (χ1v) is 5.82. The maximum Gasteiger partial charge on any atom is 0.0689 e. The van der Waals surface area contributed by atoms with Crippen molar-refractivity contribution in [2.24, 2.45) is 5.41 Å². The second-order valence-electron chi connectivity index (χ2n) is 4.32. The highest BCUT2D eigenvalue weighted by molar-refractivity contribution is 5.04. The van der Waals surface area contributed by atoms with Crippen LogP contribution in [0.2, 0.25) is 0 Å². The van der Waals surface area contributed by atoms with Crippen LogP contribution in [0.4, 0.5) is 0 Å². The lowest BCUT2D eigenvalue weighted by Crippen LogP contribution is -2.27. The van der Waals surface area contributed by atoms with Gasteiger partial charge in [0.05, 0.1) is 11.5 Å². The zero-order chi connectivity index (χ0) is 10.3. The van der Waals surface area contributed by atoms with Gasteiger partial charge < -0.3 is 4.74 Å². The van der Waals surface area contributed by atoms with Crippen molar-refractivity contribution in [3.05, 3.63) is 0 Å². The van der Waals surface area contributed by atoms with E-state index in [1.54, 1.807) is 0 Å². The predicted octanol–water partition coefficient (Wildman–Crippen LogP) is 3.28. The highest BCUT2D eigenvalue weighted by Gasteiger charge is 2.36. The van der Waals surface area contributed by atoms with Gasteiger partial charge >= 0.3 is 0 Å². The van der Waals surface area contributed by atoms with Gasteiger partial charge in [-0.1, -0.05) is 13.3 Å². The molecule has 0 amide bonds. The Balaban J connectivity index is 1.96. The molecule has 0 spiro atoms. The average Bonchev–Trinajstić information content (AvgIpc) is 2.15. The van der Waals surface area contributed by atoms with Gasteiger partial charge in [0.2, 0.25) is 0 Å². The molecule has 2 nitrogen and oxygen atoms in total. The van der Waals surface area contributed by atoms with Crippen molar-refractivity contribution in [1.29, 1.82) is 5.26 Å². The number of nitrogens with zero attached hydrogens (tertiary/aromatic N) is 1. The minimum Gasteiger partial charge on any atom is -0.381 e. The van der Waals surface area contributed by atoms with Crippen LogP contribution in [0, 0.1) is 16.7 Å². The molecule has 0 aromatic heterocycles. The molecule has 0 bridgehead atoms. The van der Waals surface area contributed by atoms with Gasteiger partial charge in [-0.25, -0.2) is 0 Å². The summed E-state index contributed by atoms with van der Waals surface area (Å²) in [6.45, 7) is 3.87. The Labute approximate surface area is 87.3 Å². The topological polar surface area (TPSA) is 33.0 Å². The molecule has 0 unspecified atom stereocenters. The number of ether oxygens (including phenoxy) is 1. The van der Waals surface area contributed by atoms with Gasteiger partial charge in [-0.05, 0) is 38.5 Å². The van der Waals surface area contributed by atoms with Gasteiger partial charge in [-0.2, -0.15) is 5.26 Å². The Morgan fingerprint density at radius 2 is 2.07 bits per heavy atom. The number of hydrogen-bond donors (Lipinski definition) is 0. The summed E-state index contributed by atoms with van der Waals surface area (Å²) >= 11 is 0. The SMILES string of the molecule is CCCOCCCCC1(C#N)CCC1. The van der Waals surface area contributed by atoms with Crippen LogP contribution in [0.1, 0.15) is 51.9 Å². The van der Waals surface area contributed by atoms with Crippen LogP contribution in [0.5, 0.6) is 0 Å². The molecule has 0 heterocycles. The zero-order valence-electron chi connectivity index (χ0n) is 9.22. The molecule has 1 fully saturated rings. The van der Waals surface area contributed by atoms with Crippen LogP contribution in [-0.4, -0.2) is 13.2 Å². The molecule has 0 aromatic carbocycles. The quantitative estimate of drug-likeness (QED) is 0.584. The molecule has 14 heavy (non-hydrogen) atoms. The number of hydrogen-bond acceptors (Lipinski definition) is 2. The van der Waals surface area contributed by atoms with Crippen molar-refractivity contribution in [1.82, 2.24) is 0 Å². The first-order chi connectivity index (χ1) is 6.83. The lowest BCUT2D eigenvalue weighted by molar-refractivity contribution is 0.122. The van der Waals surface area contributed by atoms with Crippen LogP contribution < -0.4 is 0 Å². The predicted molar refractivity (Wildman–Crippen MR) is 56.9 cm³/mol. The fourth-order valence-electron chi connectivity index (χ4n) is 1.94. The third kappa shape index (κ3) is 3.31. The second kappa shape index (κ2) is 6.03. The summed E-state index contributed by atoms with van der Waals surface area (Å²) in [5, 5.41) is 9.00.